The normalized spacial score (nSPS) is 23.6. The van der Waals surface area contributed by atoms with Gasteiger partial charge in [-0.25, -0.2) is 8.42 Å². The van der Waals surface area contributed by atoms with Gasteiger partial charge >= 0.3 is 0 Å². The van der Waals surface area contributed by atoms with Gasteiger partial charge < -0.3 is 10.6 Å². The van der Waals surface area contributed by atoms with Gasteiger partial charge in [0, 0.05) is 12.6 Å². The molecule has 1 saturated heterocycles. The zero-order valence-electron chi connectivity index (χ0n) is 10.2. The van der Waals surface area contributed by atoms with E-state index in [4.69, 9.17) is 5.73 Å². The molecule has 0 amide bonds. The molecule has 2 N–H and O–H groups in total. The lowest BCUT2D eigenvalue weighted by molar-refractivity contribution is 0.568. The van der Waals surface area contributed by atoms with E-state index in [1.54, 1.807) is 0 Å². The van der Waals surface area contributed by atoms with Crippen LogP contribution in [0, 0.1) is 6.92 Å². The van der Waals surface area contributed by atoms with E-state index in [-0.39, 0.29) is 17.5 Å². The minimum atomic E-state index is -2.88. The Bertz CT molecular complexity index is 525. The SMILES string of the molecule is Cc1ccc(N)c(N2CCS(=O)(=O)CC2C)c1. The van der Waals surface area contributed by atoms with Gasteiger partial charge in [-0.05, 0) is 31.5 Å². The smallest absolute Gasteiger partial charge is 0.154 e. The van der Waals surface area contributed by atoms with Crippen molar-refractivity contribution in [1.29, 1.82) is 0 Å². The van der Waals surface area contributed by atoms with Crippen LogP contribution in [0.15, 0.2) is 18.2 Å². The molecule has 0 aromatic heterocycles. The topological polar surface area (TPSA) is 63.4 Å². The third kappa shape index (κ3) is 2.54. The zero-order valence-corrected chi connectivity index (χ0v) is 11.0. The van der Waals surface area contributed by atoms with Gasteiger partial charge in [-0.1, -0.05) is 6.07 Å². The standard InChI is InChI=1S/C12H18N2O2S/c1-9-3-4-11(13)12(7-9)14-5-6-17(15,16)8-10(14)2/h3-4,7,10H,5-6,8,13H2,1-2H3. The first-order chi connectivity index (χ1) is 7.89. The highest BCUT2D eigenvalue weighted by Gasteiger charge is 2.29. The predicted molar refractivity (Wildman–Crippen MR) is 71.1 cm³/mol. The maximum absolute atomic E-state index is 11.5. The molecule has 1 aliphatic heterocycles. The number of aryl methyl sites for hydroxylation is 1. The largest absolute Gasteiger partial charge is 0.397 e. The van der Waals surface area contributed by atoms with Crippen LogP contribution in [0.2, 0.25) is 0 Å². The van der Waals surface area contributed by atoms with Crippen LogP contribution in [-0.2, 0) is 9.84 Å². The highest BCUT2D eigenvalue weighted by molar-refractivity contribution is 7.91. The maximum atomic E-state index is 11.5. The molecule has 0 radical (unpaired) electrons. The van der Waals surface area contributed by atoms with Crippen LogP contribution in [0.5, 0.6) is 0 Å². The first kappa shape index (κ1) is 12.2. The molecule has 1 heterocycles. The molecule has 5 heteroatoms. The van der Waals surface area contributed by atoms with Gasteiger partial charge in [-0.2, -0.15) is 0 Å². The molecular formula is C12H18N2O2S. The van der Waals surface area contributed by atoms with Crippen LogP contribution < -0.4 is 10.6 Å². The molecule has 1 aliphatic rings. The Morgan fingerprint density at radius 1 is 1.41 bits per heavy atom. The van der Waals surface area contributed by atoms with Crippen molar-refractivity contribution in [3.05, 3.63) is 23.8 Å². The minimum absolute atomic E-state index is 0.0159. The summed E-state index contributed by atoms with van der Waals surface area (Å²) in [6, 6.07) is 5.84. The number of rotatable bonds is 1. The molecular weight excluding hydrogens is 236 g/mol. The molecule has 2 rings (SSSR count). The van der Waals surface area contributed by atoms with Crippen molar-refractivity contribution in [3.8, 4) is 0 Å². The van der Waals surface area contributed by atoms with Gasteiger partial charge in [0.1, 0.15) is 0 Å². The molecule has 4 nitrogen and oxygen atoms in total. The van der Waals surface area contributed by atoms with Crippen LogP contribution in [0.25, 0.3) is 0 Å². The molecule has 17 heavy (non-hydrogen) atoms. The highest BCUT2D eigenvalue weighted by Crippen LogP contribution is 2.28. The fourth-order valence-electron chi connectivity index (χ4n) is 2.26. The van der Waals surface area contributed by atoms with Crippen molar-refractivity contribution >= 4 is 21.2 Å². The Balaban J connectivity index is 2.32. The summed E-state index contributed by atoms with van der Waals surface area (Å²) in [5, 5.41) is 0. The van der Waals surface area contributed by atoms with E-state index >= 15 is 0 Å². The zero-order chi connectivity index (χ0) is 12.6. The van der Waals surface area contributed by atoms with E-state index in [0.29, 0.717) is 12.2 Å². The van der Waals surface area contributed by atoms with Crippen molar-refractivity contribution in [2.75, 3.05) is 28.7 Å². The lowest BCUT2D eigenvalue weighted by Crippen LogP contribution is -2.47. The Kier molecular flexibility index (Phi) is 3.03. The average Bonchev–Trinajstić information content (AvgIpc) is 2.21. The molecule has 94 valence electrons. The van der Waals surface area contributed by atoms with Crippen molar-refractivity contribution in [2.45, 2.75) is 19.9 Å². The van der Waals surface area contributed by atoms with Crippen molar-refractivity contribution in [1.82, 2.24) is 0 Å². The summed E-state index contributed by atoms with van der Waals surface area (Å²) in [6.07, 6.45) is 0. The van der Waals surface area contributed by atoms with Gasteiger partial charge in [-0.3, -0.25) is 0 Å². The third-order valence-corrected chi connectivity index (χ3v) is 4.96. The van der Waals surface area contributed by atoms with Crippen molar-refractivity contribution in [2.24, 2.45) is 0 Å². The Morgan fingerprint density at radius 2 is 2.12 bits per heavy atom. The number of hydrogen-bond acceptors (Lipinski definition) is 4. The molecule has 1 fully saturated rings. The van der Waals surface area contributed by atoms with Gasteiger partial charge in [0.15, 0.2) is 9.84 Å². The van der Waals surface area contributed by atoms with Crippen LogP contribution >= 0.6 is 0 Å². The fraction of sp³-hybridized carbons (Fsp3) is 0.500. The quantitative estimate of drug-likeness (QED) is 0.765. The average molecular weight is 254 g/mol. The number of nitrogen functional groups attached to an aromatic ring is 1. The summed E-state index contributed by atoms with van der Waals surface area (Å²) in [7, 11) is -2.88. The monoisotopic (exact) mass is 254 g/mol. The predicted octanol–water partition coefficient (Wildman–Crippen LogP) is 1.20. The first-order valence-electron chi connectivity index (χ1n) is 5.72. The van der Waals surface area contributed by atoms with E-state index in [1.165, 1.54) is 0 Å². The van der Waals surface area contributed by atoms with Gasteiger partial charge in [0.05, 0.1) is 22.9 Å². The molecule has 1 aromatic carbocycles. The second-order valence-corrected chi connectivity index (χ2v) is 6.95. The maximum Gasteiger partial charge on any atom is 0.154 e. The number of nitrogens with zero attached hydrogens (tertiary/aromatic N) is 1. The summed E-state index contributed by atoms with van der Waals surface area (Å²) in [6.45, 7) is 4.46. The van der Waals surface area contributed by atoms with Gasteiger partial charge in [-0.15, -0.1) is 0 Å². The van der Waals surface area contributed by atoms with E-state index < -0.39 is 9.84 Å². The van der Waals surface area contributed by atoms with E-state index in [0.717, 1.165) is 11.3 Å². The summed E-state index contributed by atoms with van der Waals surface area (Å²) < 4.78 is 23.1. The number of nitrogens with two attached hydrogens (primary N) is 1. The second kappa shape index (κ2) is 4.22. The Morgan fingerprint density at radius 3 is 2.76 bits per heavy atom. The second-order valence-electron chi connectivity index (χ2n) is 4.72. The lowest BCUT2D eigenvalue weighted by Gasteiger charge is -2.36. The van der Waals surface area contributed by atoms with E-state index in [2.05, 4.69) is 4.90 Å². The third-order valence-electron chi connectivity index (χ3n) is 3.17. The molecule has 1 aromatic rings. The van der Waals surface area contributed by atoms with Gasteiger partial charge in [0.2, 0.25) is 0 Å². The molecule has 1 atom stereocenters. The molecule has 0 spiro atoms. The summed E-state index contributed by atoms with van der Waals surface area (Å²) in [4.78, 5) is 2.09. The lowest BCUT2D eigenvalue weighted by atomic mass is 10.1. The number of benzene rings is 1. The molecule has 1 unspecified atom stereocenters. The van der Waals surface area contributed by atoms with Crippen LogP contribution in [0.1, 0.15) is 12.5 Å². The highest BCUT2D eigenvalue weighted by atomic mass is 32.2. The van der Waals surface area contributed by atoms with Crippen LogP contribution in [0.3, 0.4) is 0 Å². The first-order valence-corrected chi connectivity index (χ1v) is 7.54. The Labute approximate surface area is 102 Å². The van der Waals surface area contributed by atoms with E-state index in [1.807, 2.05) is 32.0 Å². The number of anilines is 2. The van der Waals surface area contributed by atoms with Crippen LogP contribution in [0.4, 0.5) is 11.4 Å². The summed E-state index contributed by atoms with van der Waals surface area (Å²) in [5.41, 5.74) is 8.75. The minimum Gasteiger partial charge on any atom is -0.397 e. The number of sulfone groups is 1. The van der Waals surface area contributed by atoms with E-state index in [9.17, 15) is 8.42 Å². The van der Waals surface area contributed by atoms with Crippen LogP contribution in [-0.4, -0.2) is 32.5 Å². The number of hydrogen-bond donors (Lipinski definition) is 1. The van der Waals surface area contributed by atoms with Crippen molar-refractivity contribution < 1.29 is 8.42 Å². The fourth-order valence-corrected chi connectivity index (χ4v) is 3.82. The van der Waals surface area contributed by atoms with Gasteiger partial charge in [0.25, 0.3) is 0 Å². The van der Waals surface area contributed by atoms with Crippen molar-refractivity contribution in [3.63, 3.8) is 0 Å². The molecule has 0 bridgehead atoms. The summed E-state index contributed by atoms with van der Waals surface area (Å²) >= 11 is 0. The summed E-state index contributed by atoms with van der Waals surface area (Å²) in [5.74, 6) is 0.422. The Hall–Kier alpha value is -1.23. The molecule has 0 aliphatic carbocycles. The molecule has 0 saturated carbocycles.